The van der Waals surface area contributed by atoms with Gasteiger partial charge in [0.05, 0.1) is 11.2 Å². The van der Waals surface area contributed by atoms with Crippen molar-refractivity contribution in [1.29, 1.82) is 0 Å². The van der Waals surface area contributed by atoms with Gasteiger partial charge in [-0.1, -0.05) is 12.6 Å². The van der Waals surface area contributed by atoms with Crippen molar-refractivity contribution in [2.24, 2.45) is 0 Å². The SMILES string of the molecule is [S]Cc1cscn1. The lowest BCUT2D eigenvalue weighted by molar-refractivity contribution is 1.24. The fraction of sp³-hybridized carbons (Fsp3) is 0.250. The van der Waals surface area contributed by atoms with Gasteiger partial charge in [0, 0.05) is 11.1 Å². The Balaban J connectivity index is 2.76. The first-order valence-corrected chi connectivity index (χ1v) is 3.40. The summed E-state index contributed by atoms with van der Waals surface area (Å²) in [5.41, 5.74) is 2.81. The van der Waals surface area contributed by atoms with Gasteiger partial charge in [0.25, 0.3) is 0 Å². The summed E-state index contributed by atoms with van der Waals surface area (Å²) < 4.78 is 0. The molecule has 0 fully saturated rings. The van der Waals surface area contributed by atoms with Gasteiger partial charge in [0.1, 0.15) is 0 Å². The Morgan fingerprint density at radius 3 is 3.00 bits per heavy atom. The van der Waals surface area contributed by atoms with E-state index in [9.17, 15) is 0 Å². The Morgan fingerprint density at radius 1 is 1.86 bits per heavy atom. The number of hydrogen-bond donors (Lipinski definition) is 0. The highest BCUT2D eigenvalue weighted by Crippen LogP contribution is 2.02. The summed E-state index contributed by atoms with van der Waals surface area (Å²) in [4.78, 5) is 3.95. The molecule has 0 atom stereocenters. The quantitative estimate of drug-likeness (QED) is 0.565. The molecule has 0 amide bonds. The summed E-state index contributed by atoms with van der Waals surface area (Å²) in [6, 6.07) is 0. The van der Waals surface area contributed by atoms with Crippen molar-refractivity contribution >= 4 is 24.0 Å². The summed E-state index contributed by atoms with van der Waals surface area (Å²) in [7, 11) is 0. The summed E-state index contributed by atoms with van der Waals surface area (Å²) in [6.07, 6.45) is 0. The number of hydrogen-bond acceptors (Lipinski definition) is 2. The van der Waals surface area contributed by atoms with Crippen LogP contribution in [0.4, 0.5) is 0 Å². The first-order valence-electron chi connectivity index (χ1n) is 1.88. The van der Waals surface area contributed by atoms with E-state index in [1.165, 1.54) is 0 Å². The van der Waals surface area contributed by atoms with Crippen LogP contribution in [0.5, 0.6) is 0 Å². The van der Waals surface area contributed by atoms with Crippen LogP contribution >= 0.6 is 24.0 Å². The maximum Gasteiger partial charge on any atom is 0.0795 e. The van der Waals surface area contributed by atoms with Gasteiger partial charge in [-0.15, -0.1) is 11.3 Å². The van der Waals surface area contributed by atoms with Crippen LogP contribution in [0.15, 0.2) is 10.9 Å². The third-order valence-corrected chi connectivity index (χ3v) is 1.56. The molecule has 1 aromatic heterocycles. The number of rotatable bonds is 1. The lowest BCUT2D eigenvalue weighted by Gasteiger charge is -1.75. The van der Waals surface area contributed by atoms with E-state index in [4.69, 9.17) is 12.6 Å². The van der Waals surface area contributed by atoms with Gasteiger partial charge in [-0.25, -0.2) is 4.98 Å². The molecule has 1 aromatic rings. The minimum Gasteiger partial charge on any atom is -0.249 e. The molecule has 1 heterocycles. The highest BCUT2D eigenvalue weighted by atomic mass is 32.1. The van der Waals surface area contributed by atoms with Crippen molar-refractivity contribution in [3.8, 4) is 0 Å². The minimum atomic E-state index is 0.642. The summed E-state index contributed by atoms with van der Waals surface area (Å²) in [5.74, 6) is 0.642. The standard InChI is InChI=1S/C4H4NS2/c6-1-4-2-7-3-5-4/h2-3H,1H2. The number of nitrogens with zero attached hydrogens (tertiary/aromatic N) is 1. The predicted molar refractivity (Wildman–Crippen MR) is 33.4 cm³/mol. The molecule has 0 N–H and O–H groups in total. The monoisotopic (exact) mass is 130 g/mol. The van der Waals surface area contributed by atoms with Gasteiger partial charge in [-0.2, -0.15) is 0 Å². The molecule has 0 spiro atoms. The largest absolute Gasteiger partial charge is 0.249 e. The van der Waals surface area contributed by atoms with E-state index in [0.717, 1.165) is 5.69 Å². The molecule has 1 radical (unpaired) electrons. The van der Waals surface area contributed by atoms with Crippen LogP contribution in [0.1, 0.15) is 5.69 Å². The Morgan fingerprint density at radius 2 is 2.71 bits per heavy atom. The van der Waals surface area contributed by atoms with E-state index >= 15 is 0 Å². The van der Waals surface area contributed by atoms with Crippen LogP contribution in [0.25, 0.3) is 0 Å². The second-order valence-electron chi connectivity index (χ2n) is 1.12. The molecule has 0 saturated heterocycles. The van der Waals surface area contributed by atoms with Crippen LogP contribution in [0.3, 0.4) is 0 Å². The van der Waals surface area contributed by atoms with Crippen LogP contribution in [0, 0.1) is 0 Å². The Kier molecular flexibility index (Phi) is 1.70. The molecule has 0 saturated carbocycles. The fourth-order valence-electron chi connectivity index (χ4n) is 0.309. The first-order chi connectivity index (χ1) is 3.43. The van der Waals surface area contributed by atoms with Gasteiger partial charge < -0.3 is 0 Å². The summed E-state index contributed by atoms with van der Waals surface area (Å²) >= 11 is 6.30. The molecule has 0 aliphatic rings. The highest BCUT2D eigenvalue weighted by Gasteiger charge is 1.85. The zero-order valence-electron chi connectivity index (χ0n) is 3.63. The molecular weight excluding hydrogens is 126 g/mol. The fourth-order valence-corrected chi connectivity index (χ4v) is 1.13. The van der Waals surface area contributed by atoms with E-state index in [1.54, 1.807) is 16.8 Å². The van der Waals surface area contributed by atoms with Crippen molar-refractivity contribution in [3.05, 3.63) is 16.6 Å². The zero-order valence-corrected chi connectivity index (χ0v) is 5.26. The predicted octanol–water partition coefficient (Wildman–Crippen LogP) is 1.84. The Labute approximate surface area is 51.8 Å². The average Bonchev–Trinajstić information content (AvgIpc) is 2.14. The van der Waals surface area contributed by atoms with Crippen LogP contribution in [0.2, 0.25) is 0 Å². The molecule has 37 valence electrons. The second kappa shape index (κ2) is 2.33. The van der Waals surface area contributed by atoms with Gasteiger partial charge in [0.2, 0.25) is 0 Å². The van der Waals surface area contributed by atoms with Gasteiger partial charge in [-0.05, 0) is 0 Å². The van der Waals surface area contributed by atoms with E-state index in [-0.39, 0.29) is 0 Å². The molecule has 7 heavy (non-hydrogen) atoms. The molecule has 0 aliphatic carbocycles. The van der Waals surface area contributed by atoms with Gasteiger partial charge in [0.15, 0.2) is 0 Å². The minimum absolute atomic E-state index is 0.642. The Bertz CT molecular complexity index is 124. The smallest absolute Gasteiger partial charge is 0.0795 e. The molecule has 0 unspecified atom stereocenters. The van der Waals surface area contributed by atoms with Gasteiger partial charge in [-0.3, -0.25) is 0 Å². The van der Waals surface area contributed by atoms with Gasteiger partial charge >= 0.3 is 0 Å². The van der Waals surface area contributed by atoms with E-state index in [2.05, 4.69) is 4.98 Å². The van der Waals surface area contributed by atoms with Crippen molar-refractivity contribution in [2.75, 3.05) is 0 Å². The van der Waals surface area contributed by atoms with Crippen molar-refractivity contribution in [2.45, 2.75) is 5.75 Å². The molecule has 1 nitrogen and oxygen atoms in total. The molecular formula is C4H4NS2. The number of thiazole rings is 1. The average molecular weight is 130 g/mol. The van der Waals surface area contributed by atoms with Crippen LogP contribution in [-0.2, 0) is 5.75 Å². The van der Waals surface area contributed by atoms with Crippen molar-refractivity contribution in [1.82, 2.24) is 4.98 Å². The van der Waals surface area contributed by atoms with E-state index < -0.39 is 0 Å². The van der Waals surface area contributed by atoms with Crippen molar-refractivity contribution < 1.29 is 0 Å². The summed E-state index contributed by atoms with van der Waals surface area (Å²) in [5, 5.41) is 1.97. The van der Waals surface area contributed by atoms with E-state index in [1.807, 2.05) is 5.38 Å². The zero-order chi connectivity index (χ0) is 5.11. The van der Waals surface area contributed by atoms with E-state index in [0.29, 0.717) is 5.75 Å². The van der Waals surface area contributed by atoms with Crippen LogP contribution < -0.4 is 0 Å². The normalized spacial score (nSPS) is 9.29. The number of aromatic nitrogens is 1. The highest BCUT2D eigenvalue weighted by molar-refractivity contribution is 7.79. The summed E-state index contributed by atoms with van der Waals surface area (Å²) in [6.45, 7) is 0. The second-order valence-corrected chi connectivity index (χ2v) is 2.13. The lowest BCUT2D eigenvalue weighted by Crippen LogP contribution is -1.70. The molecule has 1 rings (SSSR count). The van der Waals surface area contributed by atoms with Crippen LogP contribution in [-0.4, -0.2) is 4.98 Å². The topological polar surface area (TPSA) is 12.9 Å². The maximum absolute atomic E-state index is 4.72. The third-order valence-electron chi connectivity index (χ3n) is 0.631. The molecule has 3 heteroatoms. The molecule has 0 aliphatic heterocycles. The van der Waals surface area contributed by atoms with Crippen molar-refractivity contribution in [3.63, 3.8) is 0 Å². The molecule has 0 aromatic carbocycles. The molecule has 0 bridgehead atoms. The third kappa shape index (κ3) is 1.17. The lowest BCUT2D eigenvalue weighted by atomic mass is 10.6. The maximum atomic E-state index is 4.72. The Hall–Kier alpha value is -0.0200. The first kappa shape index (κ1) is 5.12.